The van der Waals surface area contributed by atoms with Crippen molar-refractivity contribution in [3.05, 3.63) is 48.4 Å². The van der Waals surface area contributed by atoms with Crippen molar-refractivity contribution in [2.75, 3.05) is 6.61 Å². The van der Waals surface area contributed by atoms with Crippen molar-refractivity contribution >= 4 is 5.90 Å². The van der Waals surface area contributed by atoms with E-state index in [2.05, 4.69) is 10.4 Å². The van der Waals surface area contributed by atoms with Crippen molar-refractivity contribution < 1.29 is 9.13 Å². The SMILES string of the molecule is CC(C)=C/C(=N\C=C\NN)OC/C=C\C=C/C(C)F. The van der Waals surface area contributed by atoms with Gasteiger partial charge in [0.2, 0.25) is 5.90 Å². The van der Waals surface area contributed by atoms with Crippen molar-refractivity contribution in [2.24, 2.45) is 10.8 Å². The first-order chi connectivity index (χ1) is 9.06. The van der Waals surface area contributed by atoms with Crippen LogP contribution in [0.15, 0.2) is 53.3 Å². The van der Waals surface area contributed by atoms with Crippen molar-refractivity contribution in [3.8, 4) is 0 Å². The van der Waals surface area contributed by atoms with E-state index in [1.807, 2.05) is 19.9 Å². The molecule has 0 aliphatic carbocycles. The molecule has 0 aromatic heterocycles. The van der Waals surface area contributed by atoms with Gasteiger partial charge in [-0.25, -0.2) is 9.38 Å². The second-order valence-electron chi connectivity index (χ2n) is 3.97. The van der Waals surface area contributed by atoms with Crippen LogP contribution in [0.25, 0.3) is 0 Å². The Morgan fingerprint density at radius 2 is 2.16 bits per heavy atom. The largest absolute Gasteiger partial charge is 0.473 e. The van der Waals surface area contributed by atoms with Crippen molar-refractivity contribution in [3.63, 3.8) is 0 Å². The summed E-state index contributed by atoms with van der Waals surface area (Å²) in [6.45, 7) is 5.73. The van der Waals surface area contributed by atoms with Crippen molar-refractivity contribution in [1.82, 2.24) is 5.43 Å². The second-order valence-corrected chi connectivity index (χ2v) is 3.97. The van der Waals surface area contributed by atoms with Crippen molar-refractivity contribution in [1.29, 1.82) is 0 Å². The topological polar surface area (TPSA) is 59.6 Å². The molecule has 0 spiro atoms. The number of nitrogens with zero attached hydrogens (tertiary/aromatic N) is 1. The van der Waals surface area contributed by atoms with Gasteiger partial charge in [0.1, 0.15) is 12.8 Å². The van der Waals surface area contributed by atoms with E-state index >= 15 is 0 Å². The predicted molar refractivity (Wildman–Crippen MR) is 78.1 cm³/mol. The molecule has 0 amide bonds. The van der Waals surface area contributed by atoms with E-state index in [9.17, 15) is 4.39 Å². The number of hydrogen-bond donors (Lipinski definition) is 2. The molecule has 0 aliphatic heterocycles. The Balaban J connectivity index is 4.32. The molecule has 106 valence electrons. The number of nitrogens with one attached hydrogen (secondary N) is 1. The number of halogens is 1. The maximum atomic E-state index is 12.5. The molecular weight excluding hydrogens is 245 g/mol. The Kier molecular flexibility index (Phi) is 10.1. The number of allylic oxidation sites excluding steroid dienone is 4. The summed E-state index contributed by atoms with van der Waals surface area (Å²) in [5.41, 5.74) is 3.42. The number of alkyl halides is 1. The van der Waals surface area contributed by atoms with Gasteiger partial charge in [0.15, 0.2) is 0 Å². The Morgan fingerprint density at radius 3 is 2.74 bits per heavy atom. The summed E-state index contributed by atoms with van der Waals surface area (Å²) in [5.74, 6) is 5.57. The van der Waals surface area contributed by atoms with E-state index in [4.69, 9.17) is 10.6 Å². The fourth-order valence-corrected chi connectivity index (χ4v) is 1.00. The minimum absolute atomic E-state index is 0.359. The highest BCUT2D eigenvalue weighted by Crippen LogP contribution is 1.96. The van der Waals surface area contributed by atoms with Crippen LogP contribution in [-0.2, 0) is 4.74 Å². The highest BCUT2D eigenvalue weighted by Gasteiger charge is 1.93. The van der Waals surface area contributed by atoms with Crippen LogP contribution in [0, 0.1) is 0 Å². The molecule has 0 rings (SSSR count). The molecule has 0 aliphatic rings. The monoisotopic (exact) mass is 267 g/mol. The van der Waals surface area contributed by atoms with Gasteiger partial charge in [-0.05, 0) is 32.9 Å². The summed E-state index contributed by atoms with van der Waals surface area (Å²) >= 11 is 0. The molecule has 0 heterocycles. The Bertz CT molecular complexity index is 378. The zero-order valence-corrected chi connectivity index (χ0v) is 11.6. The van der Waals surface area contributed by atoms with E-state index in [1.54, 1.807) is 18.2 Å². The summed E-state index contributed by atoms with van der Waals surface area (Å²) in [4.78, 5) is 4.08. The quantitative estimate of drug-likeness (QED) is 0.245. The summed E-state index contributed by atoms with van der Waals surface area (Å²) in [6.07, 6.45) is 10.5. The Morgan fingerprint density at radius 1 is 1.42 bits per heavy atom. The zero-order chi connectivity index (χ0) is 14.5. The van der Waals surface area contributed by atoms with Gasteiger partial charge in [-0.15, -0.1) is 0 Å². The first-order valence-electron chi connectivity index (χ1n) is 6.00. The van der Waals surface area contributed by atoms with Crippen LogP contribution < -0.4 is 11.3 Å². The predicted octanol–water partition coefficient (Wildman–Crippen LogP) is 2.77. The summed E-state index contributed by atoms with van der Waals surface area (Å²) in [5, 5.41) is 0. The van der Waals surface area contributed by atoms with Crippen LogP contribution in [0.1, 0.15) is 20.8 Å². The van der Waals surface area contributed by atoms with Gasteiger partial charge in [0, 0.05) is 12.4 Å². The Hall–Kier alpha value is -1.88. The van der Waals surface area contributed by atoms with Gasteiger partial charge < -0.3 is 10.2 Å². The lowest BCUT2D eigenvalue weighted by molar-refractivity contribution is 0.353. The molecular formula is C14H22FN3O. The van der Waals surface area contributed by atoms with Crippen LogP contribution in [0.5, 0.6) is 0 Å². The lowest BCUT2D eigenvalue weighted by Crippen LogP contribution is -2.12. The lowest BCUT2D eigenvalue weighted by Gasteiger charge is -2.02. The van der Waals surface area contributed by atoms with Crippen LogP contribution in [0.2, 0.25) is 0 Å². The van der Waals surface area contributed by atoms with Crippen molar-refractivity contribution in [2.45, 2.75) is 26.9 Å². The molecule has 19 heavy (non-hydrogen) atoms. The van der Waals surface area contributed by atoms with E-state index in [0.717, 1.165) is 5.57 Å². The highest BCUT2D eigenvalue weighted by atomic mass is 19.1. The van der Waals surface area contributed by atoms with Gasteiger partial charge in [-0.2, -0.15) is 0 Å². The minimum Gasteiger partial charge on any atom is -0.473 e. The van der Waals surface area contributed by atoms with Crippen LogP contribution in [0.3, 0.4) is 0 Å². The summed E-state index contributed by atoms with van der Waals surface area (Å²) in [6, 6.07) is 0. The van der Waals surface area contributed by atoms with Gasteiger partial charge in [-0.3, -0.25) is 5.84 Å². The van der Waals surface area contributed by atoms with Gasteiger partial charge >= 0.3 is 0 Å². The summed E-state index contributed by atoms with van der Waals surface area (Å²) in [7, 11) is 0. The number of rotatable bonds is 7. The third-order valence-electron chi connectivity index (χ3n) is 1.74. The van der Waals surface area contributed by atoms with Crippen LogP contribution in [-0.4, -0.2) is 18.7 Å². The average Bonchev–Trinajstić information content (AvgIpc) is 2.32. The fraction of sp³-hybridized carbons (Fsp3) is 0.357. The molecule has 0 aromatic rings. The fourth-order valence-electron chi connectivity index (χ4n) is 1.00. The molecule has 0 aromatic carbocycles. The van der Waals surface area contributed by atoms with Gasteiger partial charge in [0.05, 0.1) is 0 Å². The summed E-state index contributed by atoms with van der Waals surface area (Å²) < 4.78 is 17.9. The molecule has 1 atom stereocenters. The first-order valence-corrected chi connectivity index (χ1v) is 6.00. The van der Waals surface area contributed by atoms with E-state index < -0.39 is 6.17 Å². The molecule has 3 N–H and O–H groups in total. The standard InChI is InChI=1S/C14H22FN3O/c1-12(2)11-14(17-8-9-18-16)19-10-6-4-5-7-13(3)15/h4-9,11,13,18H,10,16H2,1-3H3/b6-4-,7-5-,9-8+,17-14+. The minimum atomic E-state index is -0.942. The molecule has 0 saturated carbocycles. The molecule has 0 saturated heterocycles. The van der Waals surface area contributed by atoms with E-state index in [0.29, 0.717) is 12.5 Å². The third-order valence-corrected chi connectivity index (χ3v) is 1.74. The number of ether oxygens (including phenoxy) is 1. The number of hydrogen-bond acceptors (Lipinski definition) is 4. The maximum Gasteiger partial charge on any atom is 0.213 e. The zero-order valence-electron chi connectivity index (χ0n) is 11.6. The van der Waals surface area contributed by atoms with Crippen LogP contribution >= 0.6 is 0 Å². The van der Waals surface area contributed by atoms with E-state index in [1.165, 1.54) is 25.4 Å². The van der Waals surface area contributed by atoms with Gasteiger partial charge in [0.25, 0.3) is 0 Å². The van der Waals surface area contributed by atoms with E-state index in [-0.39, 0.29) is 0 Å². The average molecular weight is 267 g/mol. The highest BCUT2D eigenvalue weighted by molar-refractivity contribution is 5.88. The lowest BCUT2D eigenvalue weighted by atomic mass is 10.3. The molecule has 1 unspecified atom stereocenters. The number of aliphatic imine (C=N–C) groups is 1. The molecule has 0 radical (unpaired) electrons. The smallest absolute Gasteiger partial charge is 0.213 e. The second kappa shape index (κ2) is 11.2. The maximum absolute atomic E-state index is 12.5. The third kappa shape index (κ3) is 12.4. The van der Waals surface area contributed by atoms with Gasteiger partial charge in [-0.1, -0.05) is 23.8 Å². The van der Waals surface area contributed by atoms with Crippen LogP contribution in [0.4, 0.5) is 4.39 Å². The Labute approximate surface area is 114 Å². The molecule has 0 fully saturated rings. The first kappa shape index (κ1) is 17.1. The molecule has 5 heteroatoms. The molecule has 4 nitrogen and oxygen atoms in total. The normalized spacial score (nSPS) is 14.3. The molecule has 0 bridgehead atoms. The number of nitrogens with two attached hydrogens (primary N) is 1. The number of hydrazine groups is 1.